The van der Waals surface area contributed by atoms with Crippen molar-refractivity contribution < 1.29 is 4.68 Å². The Morgan fingerprint density at radius 2 is 2.36 bits per heavy atom. The van der Waals surface area contributed by atoms with Gasteiger partial charge in [0.2, 0.25) is 6.20 Å². The minimum Gasteiger partial charge on any atom is -0.392 e. The number of nitrogens with one attached hydrogen (secondary N) is 1. The summed E-state index contributed by atoms with van der Waals surface area (Å²) < 4.78 is 2.02. The fourth-order valence-electron chi connectivity index (χ4n) is 1.07. The van der Waals surface area contributed by atoms with Crippen LogP contribution in [0.1, 0.15) is 26.2 Å². The molecule has 0 saturated carbocycles. The van der Waals surface area contributed by atoms with E-state index in [0.717, 1.165) is 12.2 Å². The summed E-state index contributed by atoms with van der Waals surface area (Å²) in [4.78, 5) is 0. The number of nitrogens with zero attached hydrogens (tertiary/aromatic N) is 1. The minimum absolute atomic E-state index is 0.807. The molecule has 62 valence electrons. The van der Waals surface area contributed by atoms with Crippen LogP contribution in [0.5, 0.6) is 0 Å². The van der Waals surface area contributed by atoms with Crippen molar-refractivity contribution >= 4 is 5.69 Å². The van der Waals surface area contributed by atoms with Crippen LogP contribution in [0.4, 0.5) is 5.69 Å². The number of anilines is 1. The first kappa shape index (κ1) is 8.11. The van der Waals surface area contributed by atoms with E-state index in [9.17, 15) is 0 Å². The van der Waals surface area contributed by atoms with E-state index in [1.165, 1.54) is 19.3 Å². The van der Waals surface area contributed by atoms with Crippen molar-refractivity contribution in [1.29, 1.82) is 0 Å². The van der Waals surface area contributed by atoms with Crippen molar-refractivity contribution in [3.8, 4) is 0 Å². The number of nitrogen functional groups attached to an aromatic ring is 1. The number of unbranched alkanes of at least 4 members (excludes halogenated alkanes) is 2. The van der Waals surface area contributed by atoms with E-state index in [-0.39, 0.29) is 0 Å². The van der Waals surface area contributed by atoms with Gasteiger partial charge in [-0.2, -0.15) is 5.10 Å². The second-order valence-electron chi connectivity index (χ2n) is 2.80. The predicted molar refractivity (Wildman–Crippen MR) is 44.9 cm³/mol. The van der Waals surface area contributed by atoms with Gasteiger partial charge in [-0.05, 0) is 6.42 Å². The second-order valence-corrected chi connectivity index (χ2v) is 2.80. The second kappa shape index (κ2) is 4.01. The van der Waals surface area contributed by atoms with E-state index in [2.05, 4.69) is 12.0 Å². The van der Waals surface area contributed by atoms with Crippen LogP contribution in [0.2, 0.25) is 0 Å². The van der Waals surface area contributed by atoms with Crippen molar-refractivity contribution in [1.82, 2.24) is 5.10 Å². The third kappa shape index (κ3) is 2.62. The van der Waals surface area contributed by atoms with Crippen molar-refractivity contribution in [2.45, 2.75) is 32.7 Å². The molecule has 1 aromatic heterocycles. The van der Waals surface area contributed by atoms with Crippen molar-refractivity contribution in [2.75, 3.05) is 5.73 Å². The average Bonchev–Trinajstić information content (AvgIpc) is 2.37. The molecule has 3 heteroatoms. The summed E-state index contributed by atoms with van der Waals surface area (Å²) >= 11 is 0. The van der Waals surface area contributed by atoms with E-state index in [1.807, 2.05) is 17.1 Å². The van der Waals surface area contributed by atoms with Gasteiger partial charge < -0.3 is 5.73 Å². The molecule has 0 bridgehead atoms. The molecule has 0 aromatic carbocycles. The fraction of sp³-hybridized carbons (Fsp3) is 0.625. The smallest absolute Gasteiger partial charge is 0.218 e. The van der Waals surface area contributed by atoms with Crippen LogP contribution in [0.3, 0.4) is 0 Å². The summed E-state index contributed by atoms with van der Waals surface area (Å²) in [7, 11) is 0. The van der Waals surface area contributed by atoms with Crippen LogP contribution < -0.4 is 10.4 Å². The van der Waals surface area contributed by atoms with Crippen LogP contribution in [0, 0.1) is 0 Å². The minimum atomic E-state index is 0.807. The maximum absolute atomic E-state index is 5.53. The normalized spacial score (nSPS) is 10.3. The Hall–Kier alpha value is -0.990. The summed E-state index contributed by atoms with van der Waals surface area (Å²) in [6.07, 6.45) is 7.51. The molecule has 0 fully saturated rings. The summed E-state index contributed by atoms with van der Waals surface area (Å²) in [6.45, 7) is 3.25. The highest BCUT2D eigenvalue weighted by molar-refractivity contribution is 5.27. The highest BCUT2D eigenvalue weighted by Gasteiger charge is 2.01. The molecule has 0 aliphatic heterocycles. The van der Waals surface area contributed by atoms with Crippen LogP contribution in [0.25, 0.3) is 0 Å². The lowest BCUT2D eigenvalue weighted by molar-refractivity contribution is -0.750. The standard InChI is InChI=1S/C8H15N3/c1-2-3-4-5-11-7-8(9)6-10-11/h6-7H,2-5,9H2,1H3/p+1. The van der Waals surface area contributed by atoms with Gasteiger partial charge in [0.1, 0.15) is 5.69 Å². The van der Waals surface area contributed by atoms with Crippen LogP contribution >= 0.6 is 0 Å². The third-order valence-corrected chi connectivity index (χ3v) is 1.70. The van der Waals surface area contributed by atoms with Crippen LogP contribution in [-0.2, 0) is 6.54 Å². The first-order chi connectivity index (χ1) is 5.33. The first-order valence-corrected chi connectivity index (χ1v) is 4.16. The monoisotopic (exact) mass is 154 g/mol. The molecule has 3 N–H and O–H groups in total. The topological polar surface area (TPSA) is 45.7 Å². The van der Waals surface area contributed by atoms with Crippen LogP contribution in [0.15, 0.2) is 12.4 Å². The van der Waals surface area contributed by atoms with Gasteiger partial charge in [-0.15, -0.1) is 4.68 Å². The molecule has 0 aliphatic rings. The molecule has 1 heterocycles. The molecule has 0 radical (unpaired) electrons. The zero-order chi connectivity index (χ0) is 8.10. The molecule has 11 heavy (non-hydrogen) atoms. The molecule has 0 amide bonds. The number of aryl methyl sites for hydroxylation is 1. The van der Waals surface area contributed by atoms with Gasteiger partial charge in [0.15, 0.2) is 6.54 Å². The SMILES string of the molecule is CCCCC[n+]1cc(N)c[nH]1. The number of nitrogens with two attached hydrogens (primary N) is 1. The van der Waals surface area contributed by atoms with Crippen molar-refractivity contribution in [3.63, 3.8) is 0 Å². The maximum atomic E-state index is 5.53. The molecule has 0 unspecified atom stereocenters. The van der Waals surface area contributed by atoms with E-state index >= 15 is 0 Å². The van der Waals surface area contributed by atoms with E-state index in [4.69, 9.17) is 5.73 Å². The molecule has 0 atom stereocenters. The Bertz CT molecular complexity index is 205. The number of aromatic amines is 1. The number of rotatable bonds is 4. The molecule has 1 aromatic rings. The summed E-state index contributed by atoms with van der Waals surface area (Å²) in [5.74, 6) is 0. The summed E-state index contributed by atoms with van der Waals surface area (Å²) in [5, 5.41) is 3.06. The van der Waals surface area contributed by atoms with Gasteiger partial charge in [-0.25, -0.2) is 0 Å². The molecule has 0 aliphatic carbocycles. The molecule has 0 spiro atoms. The van der Waals surface area contributed by atoms with Crippen LogP contribution in [-0.4, -0.2) is 5.10 Å². The van der Waals surface area contributed by atoms with E-state index < -0.39 is 0 Å². The molecular formula is C8H16N3+. The Balaban J connectivity index is 2.27. The zero-order valence-electron chi connectivity index (χ0n) is 7.01. The maximum Gasteiger partial charge on any atom is 0.218 e. The van der Waals surface area contributed by atoms with E-state index in [0.29, 0.717) is 0 Å². The van der Waals surface area contributed by atoms with Crippen molar-refractivity contribution in [2.24, 2.45) is 0 Å². The largest absolute Gasteiger partial charge is 0.392 e. The summed E-state index contributed by atoms with van der Waals surface area (Å²) in [5.41, 5.74) is 6.34. The fourth-order valence-corrected chi connectivity index (χ4v) is 1.07. The third-order valence-electron chi connectivity index (χ3n) is 1.70. The van der Waals surface area contributed by atoms with Crippen molar-refractivity contribution in [3.05, 3.63) is 12.4 Å². The Morgan fingerprint density at radius 1 is 1.55 bits per heavy atom. The predicted octanol–water partition coefficient (Wildman–Crippen LogP) is 1.07. The summed E-state index contributed by atoms with van der Waals surface area (Å²) in [6, 6.07) is 0. The number of hydrogen-bond acceptors (Lipinski definition) is 1. The molecular weight excluding hydrogens is 138 g/mol. The van der Waals surface area contributed by atoms with Gasteiger partial charge in [-0.1, -0.05) is 13.3 Å². The lowest BCUT2D eigenvalue weighted by Gasteiger charge is -1.89. The Morgan fingerprint density at radius 3 is 2.91 bits per heavy atom. The lowest BCUT2D eigenvalue weighted by atomic mass is 10.2. The van der Waals surface area contributed by atoms with Gasteiger partial charge in [0.25, 0.3) is 0 Å². The van der Waals surface area contributed by atoms with E-state index in [1.54, 1.807) is 0 Å². The lowest BCUT2D eigenvalue weighted by Crippen LogP contribution is -2.34. The average molecular weight is 154 g/mol. The zero-order valence-corrected chi connectivity index (χ0v) is 7.01. The quantitative estimate of drug-likeness (QED) is 0.494. The molecule has 3 nitrogen and oxygen atoms in total. The van der Waals surface area contributed by atoms with Gasteiger partial charge in [0.05, 0.1) is 6.20 Å². The number of hydrogen-bond donors (Lipinski definition) is 2. The number of aromatic nitrogens is 2. The molecule has 1 rings (SSSR count). The number of H-pyrrole nitrogens is 1. The first-order valence-electron chi connectivity index (χ1n) is 4.16. The highest BCUT2D eigenvalue weighted by atomic mass is 15.3. The van der Waals surface area contributed by atoms with Gasteiger partial charge in [0, 0.05) is 6.42 Å². The Kier molecular flexibility index (Phi) is 2.95. The Labute approximate surface area is 67.2 Å². The van der Waals surface area contributed by atoms with Gasteiger partial charge >= 0.3 is 0 Å². The van der Waals surface area contributed by atoms with Gasteiger partial charge in [-0.3, -0.25) is 0 Å². The highest BCUT2D eigenvalue weighted by Crippen LogP contribution is 1.94. The molecule has 0 saturated heterocycles.